The van der Waals surface area contributed by atoms with E-state index >= 15 is 0 Å². The van der Waals surface area contributed by atoms with Gasteiger partial charge in [0.05, 0.1) is 17.0 Å². The molecule has 1 aliphatic heterocycles. The Morgan fingerprint density at radius 2 is 1.45 bits per heavy atom. The first-order chi connectivity index (χ1) is 18.8. The molecule has 0 radical (unpaired) electrons. The topological polar surface area (TPSA) is 124 Å². The van der Waals surface area contributed by atoms with Gasteiger partial charge >= 0.3 is 11.2 Å². The molecule has 0 spiro atoms. The Morgan fingerprint density at radius 1 is 0.900 bits per heavy atom. The number of carbonyl (C=O) groups is 1. The highest BCUT2D eigenvalue weighted by molar-refractivity contribution is 6.15. The quantitative estimate of drug-likeness (QED) is 0.199. The van der Waals surface area contributed by atoms with Crippen molar-refractivity contribution in [2.75, 3.05) is 37.5 Å². The van der Waals surface area contributed by atoms with Gasteiger partial charge < -0.3 is 16.0 Å². The van der Waals surface area contributed by atoms with E-state index < -0.39 is 27.8 Å². The largest absolute Gasteiger partial charge is 0.362 e. The first-order valence-electron chi connectivity index (χ1n) is 12.1. The van der Waals surface area contributed by atoms with E-state index in [9.17, 15) is 28.5 Å². The van der Waals surface area contributed by atoms with Gasteiger partial charge in [-0.25, -0.2) is 8.78 Å². The number of hydrogen-bond donors (Lipinski definition) is 1. The molecule has 0 bridgehead atoms. The summed E-state index contributed by atoms with van der Waals surface area (Å²) >= 11 is 4.64. The predicted octanol–water partition coefficient (Wildman–Crippen LogP) is 5.22. The second-order valence-electron chi connectivity index (χ2n) is 8.78. The van der Waals surface area contributed by atoms with Gasteiger partial charge in [0.1, 0.15) is 17.3 Å². The molecule has 1 aromatic heterocycles. The first-order valence-corrected chi connectivity index (χ1v) is 12.8. The molecule has 3 aromatic carbocycles. The van der Waals surface area contributed by atoms with E-state index in [2.05, 4.69) is 11.6 Å². The second kappa shape index (κ2) is 13.1. The number of rotatable bonds is 5. The van der Waals surface area contributed by atoms with Gasteiger partial charge in [0.25, 0.3) is 5.91 Å². The van der Waals surface area contributed by atoms with Crippen LogP contribution in [-0.4, -0.2) is 52.9 Å². The molecule has 210 valence electrons. The zero-order valence-electron chi connectivity index (χ0n) is 21.7. The molecule has 1 saturated heterocycles. The molecule has 1 amide bonds. The van der Waals surface area contributed by atoms with Crippen LogP contribution in [0, 0.1) is 21.7 Å². The van der Waals surface area contributed by atoms with Crippen LogP contribution in [0.25, 0.3) is 10.9 Å². The average Bonchev–Trinajstić information content (AvgIpc) is 2.96. The lowest BCUT2D eigenvalue weighted by molar-refractivity contribution is -0.385. The van der Waals surface area contributed by atoms with E-state index in [4.69, 9.17) is 0 Å². The third-order valence-corrected chi connectivity index (χ3v) is 6.53. The third-order valence-electron chi connectivity index (χ3n) is 6.53. The lowest BCUT2D eigenvalue weighted by Crippen LogP contribution is -2.49. The summed E-state index contributed by atoms with van der Waals surface area (Å²) in [7, 11) is 0. The SMILES string of the molecule is CCl.N.O=C(c1ccc(F)cc1)N1CCN(c2c([N+](=O)[O-])c(=O)n(Cc3ccc(F)cc3)c3ccccc23)CC1. The molecule has 12 heteroatoms. The maximum Gasteiger partial charge on any atom is 0.357 e. The number of hydrogen-bond acceptors (Lipinski definition) is 6. The molecular weight excluding hydrogens is 544 g/mol. The fourth-order valence-electron chi connectivity index (χ4n) is 4.70. The zero-order valence-corrected chi connectivity index (χ0v) is 22.5. The van der Waals surface area contributed by atoms with Gasteiger partial charge in [-0.15, -0.1) is 11.6 Å². The Balaban J connectivity index is 0.00000144. The van der Waals surface area contributed by atoms with Crippen LogP contribution in [0.15, 0.2) is 77.6 Å². The van der Waals surface area contributed by atoms with Crippen molar-refractivity contribution in [1.82, 2.24) is 15.6 Å². The lowest BCUT2D eigenvalue weighted by atomic mass is 10.1. The molecule has 0 saturated carbocycles. The third kappa shape index (κ3) is 6.11. The fourth-order valence-corrected chi connectivity index (χ4v) is 4.70. The summed E-state index contributed by atoms with van der Waals surface area (Å²) in [5, 5.41) is 12.7. The van der Waals surface area contributed by atoms with E-state index in [0.717, 1.165) is 0 Å². The highest BCUT2D eigenvalue weighted by atomic mass is 35.5. The number of para-hydroxylation sites is 1. The average molecular weight is 572 g/mol. The summed E-state index contributed by atoms with van der Waals surface area (Å²) in [5.74, 6) is -1.11. The van der Waals surface area contributed by atoms with Crippen LogP contribution in [0.1, 0.15) is 15.9 Å². The van der Waals surface area contributed by atoms with Crippen LogP contribution in [0.3, 0.4) is 0 Å². The number of nitrogens with zero attached hydrogens (tertiary/aromatic N) is 4. The van der Waals surface area contributed by atoms with Gasteiger partial charge in [0.15, 0.2) is 0 Å². The molecule has 9 nitrogen and oxygen atoms in total. The number of fused-ring (bicyclic) bond motifs is 1. The molecule has 0 unspecified atom stereocenters. The summed E-state index contributed by atoms with van der Waals surface area (Å²) < 4.78 is 27.9. The van der Waals surface area contributed by atoms with E-state index in [1.807, 2.05) is 0 Å². The molecule has 40 heavy (non-hydrogen) atoms. The maximum absolute atomic E-state index is 13.5. The van der Waals surface area contributed by atoms with Crippen LogP contribution in [0.4, 0.5) is 20.2 Å². The number of anilines is 1. The smallest absolute Gasteiger partial charge is 0.357 e. The van der Waals surface area contributed by atoms with E-state index in [0.29, 0.717) is 22.0 Å². The van der Waals surface area contributed by atoms with Crippen LogP contribution in [-0.2, 0) is 6.54 Å². The van der Waals surface area contributed by atoms with Crippen LogP contribution in [0.2, 0.25) is 0 Å². The van der Waals surface area contributed by atoms with Crippen LogP contribution in [0.5, 0.6) is 0 Å². The van der Waals surface area contributed by atoms with Gasteiger partial charge in [-0.3, -0.25) is 24.3 Å². The van der Waals surface area contributed by atoms with Crippen LogP contribution >= 0.6 is 11.6 Å². The number of benzene rings is 3. The molecule has 5 rings (SSSR count). The second-order valence-corrected chi connectivity index (χ2v) is 8.78. The summed E-state index contributed by atoms with van der Waals surface area (Å²) in [4.78, 5) is 41.2. The van der Waals surface area contributed by atoms with Gasteiger partial charge in [0, 0.05) is 43.5 Å². The maximum atomic E-state index is 13.5. The minimum Gasteiger partial charge on any atom is -0.362 e. The predicted molar refractivity (Wildman–Crippen MR) is 152 cm³/mol. The number of carbonyl (C=O) groups excluding carboxylic acids is 1. The summed E-state index contributed by atoms with van der Waals surface area (Å²) in [6.45, 7) is 1.15. The Kier molecular flexibility index (Phi) is 9.92. The monoisotopic (exact) mass is 571 g/mol. The number of halogens is 3. The zero-order chi connectivity index (χ0) is 28.1. The molecular formula is C28H28ClF2N5O4. The van der Waals surface area contributed by atoms with Crippen molar-refractivity contribution >= 4 is 39.8 Å². The highest BCUT2D eigenvalue weighted by Gasteiger charge is 2.32. The highest BCUT2D eigenvalue weighted by Crippen LogP contribution is 2.34. The van der Waals surface area contributed by atoms with Crippen molar-refractivity contribution in [3.8, 4) is 0 Å². The van der Waals surface area contributed by atoms with Crippen molar-refractivity contribution in [1.29, 1.82) is 0 Å². The minimum atomic E-state index is -0.757. The Bertz CT molecular complexity index is 1550. The molecule has 4 aromatic rings. The fraction of sp³-hybridized carbons (Fsp3) is 0.214. The lowest BCUT2D eigenvalue weighted by Gasteiger charge is -2.36. The number of alkyl halides is 1. The Morgan fingerprint density at radius 3 is 2.02 bits per heavy atom. The van der Waals surface area contributed by atoms with Crippen molar-refractivity contribution in [3.63, 3.8) is 0 Å². The van der Waals surface area contributed by atoms with Gasteiger partial charge in [-0.05, 0) is 48.0 Å². The summed E-state index contributed by atoms with van der Waals surface area (Å²) in [6.07, 6.45) is 1.47. The number of pyridine rings is 1. The summed E-state index contributed by atoms with van der Waals surface area (Å²) in [5.41, 5.74) is 0.419. The van der Waals surface area contributed by atoms with Crippen LogP contribution < -0.4 is 16.6 Å². The number of amides is 1. The number of nitro groups is 1. The van der Waals surface area contributed by atoms with Crippen molar-refractivity contribution in [2.24, 2.45) is 0 Å². The van der Waals surface area contributed by atoms with Crippen molar-refractivity contribution in [3.05, 3.63) is 116 Å². The van der Waals surface area contributed by atoms with Gasteiger partial charge in [-0.1, -0.05) is 30.3 Å². The van der Waals surface area contributed by atoms with Crippen molar-refractivity contribution in [2.45, 2.75) is 6.54 Å². The van der Waals surface area contributed by atoms with Crippen molar-refractivity contribution < 1.29 is 18.5 Å². The normalized spacial score (nSPS) is 12.8. The minimum absolute atomic E-state index is 0. The molecule has 2 heterocycles. The van der Waals surface area contributed by atoms with Gasteiger partial charge in [0.2, 0.25) is 0 Å². The molecule has 0 aliphatic carbocycles. The standard InChI is InChI=1S/C27H22F2N4O4.CH3Cl.H3N/c28-20-9-5-18(6-10-20)17-32-23-4-2-1-3-22(23)24(25(27(32)35)33(36)37)30-13-15-31(16-14-30)26(34)19-7-11-21(29)12-8-19;1-2;/h1-12H,13-17H2;1H3;1H3. The Labute approximate surface area is 233 Å². The van der Waals surface area contributed by atoms with Gasteiger partial charge in [-0.2, -0.15) is 0 Å². The van der Waals surface area contributed by atoms with E-state index in [1.54, 1.807) is 34.1 Å². The summed E-state index contributed by atoms with van der Waals surface area (Å²) in [6, 6.07) is 17.9. The molecule has 3 N–H and O–H groups in total. The Hall–Kier alpha value is -4.35. The number of aromatic nitrogens is 1. The number of piperazine rings is 1. The van der Waals surface area contributed by atoms with E-state index in [1.165, 1.54) is 59.5 Å². The van der Waals surface area contributed by atoms with E-state index in [-0.39, 0.29) is 50.5 Å². The molecule has 0 atom stereocenters. The first kappa shape index (κ1) is 30.2. The molecule has 1 fully saturated rings. The molecule has 1 aliphatic rings.